The van der Waals surface area contributed by atoms with Crippen molar-refractivity contribution >= 4 is 11.7 Å². The van der Waals surface area contributed by atoms with Gasteiger partial charge in [0.15, 0.2) is 0 Å². The number of halogens is 2. The van der Waals surface area contributed by atoms with E-state index in [9.17, 15) is 13.6 Å². The molecule has 2 heterocycles. The topological polar surface area (TPSA) is 38.1 Å². The van der Waals surface area contributed by atoms with Crippen LogP contribution in [0.4, 0.5) is 14.6 Å². The average Bonchev–Trinajstić information content (AvgIpc) is 2.75. The van der Waals surface area contributed by atoms with Gasteiger partial charge in [-0.25, -0.2) is 13.5 Å². The van der Waals surface area contributed by atoms with E-state index in [2.05, 4.69) is 5.10 Å². The third-order valence-corrected chi connectivity index (χ3v) is 3.70. The summed E-state index contributed by atoms with van der Waals surface area (Å²) in [5.41, 5.74) is 0.661. The lowest BCUT2D eigenvalue weighted by Crippen LogP contribution is -2.25. The molecule has 1 aromatic rings. The van der Waals surface area contributed by atoms with E-state index < -0.39 is 11.8 Å². The zero-order valence-electron chi connectivity index (χ0n) is 10.2. The Balaban J connectivity index is 1.81. The molecule has 4 nitrogen and oxygen atoms in total. The summed E-state index contributed by atoms with van der Waals surface area (Å²) in [7, 11) is 1.71. The largest absolute Gasteiger partial charge is 0.300 e. The van der Waals surface area contributed by atoms with Crippen LogP contribution in [0.15, 0.2) is 6.07 Å². The summed E-state index contributed by atoms with van der Waals surface area (Å²) in [6.45, 7) is 0.673. The Labute approximate surface area is 104 Å². The lowest BCUT2D eigenvalue weighted by Gasteiger charge is -2.13. The van der Waals surface area contributed by atoms with Gasteiger partial charge in [-0.15, -0.1) is 0 Å². The molecule has 1 aliphatic carbocycles. The molecular formula is C12H15F2N3O. The van der Waals surface area contributed by atoms with Crippen LogP contribution < -0.4 is 4.90 Å². The van der Waals surface area contributed by atoms with E-state index in [1.54, 1.807) is 22.7 Å². The van der Waals surface area contributed by atoms with E-state index in [0.717, 1.165) is 12.2 Å². The molecule has 98 valence electrons. The van der Waals surface area contributed by atoms with Gasteiger partial charge in [0, 0.05) is 44.8 Å². The van der Waals surface area contributed by atoms with Crippen molar-refractivity contribution in [1.29, 1.82) is 0 Å². The predicted molar refractivity (Wildman–Crippen MR) is 61.6 cm³/mol. The minimum atomic E-state index is -2.51. The van der Waals surface area contributed by atoms with Crippen molar-refractivity contribution in [2.75, 3.05) is 11.9 Å². The fraction of sp³-hybridized carbons (Fsp3) is 0.667. The summed E-state index contributed by atoms with van der Waals surface area (Å²) in [5, 5.41) is 4.33. The molecule has 0 saturated heterocycles. The molecule has 1 aromatic heterocycles. The van der Waals surface area contributed by atoms with Crippen LogP contribution in [0.2, 0.25) is 0 Å². The Kier molecular flexibility index (Phi) is 2.43. The number of fused-ring (bicyclic) bond motifs is 1. The Bertz CT molecular complexity index is 498. The number of aromatic nitrogens is 2. The van der Waals surface area contributed by atoms with Crippen molar-refractivity contribution in [2.24, 2.45) is 5.92 Å². The van der Waals surface area contributed by atoms with Crippen LogP contribution in [0.3, 0.4) is 0 Å². The number of hydrogen-bond acceptors (Lipinski definition) is 2. The molecule has 1 atom stereocenters. The van der Waals surface area contributed by atoms with Crippen LogP contribution in [0.1, 0.15) is 25.0 Å². The number of anilines is 1. The molecule has 1 fully saturated rings. The lowest BCUT2D eigenvalue weighted by molar-refractivity contribution is -0.118. The summed E-state index contributed by atoms with van der Waals surface area (Å²) in [4.78, 5) is 13.3. The van der Waals surface area contributed by atoms with Crippen molar-refractivity contribution in [1.82, 2.24) is 9.78 Å². The van der Waals surface area contributed by atoms with Gasteiger partial charge in [-0.2, -0.15) is 5.10 Å². The van der Waals surface area contributed by atoms with Gasteiger partial charge in [-0.3, -0.25) is 4.79 Å². The van der Waals surface area contributed by atoms with E-state index in [1.165, 1.54) is 0 Å². The smallest absolute Gasteiger partial charge is 0.252 e. The number of aryl methyl sites for hydroxylation is 1. The van der Waals surface area contributed by atoms with Crippen LogP contribution in [0.5, 0.6) is 0 Å². The maximum absolute atomic E-state index is 12.9. The quantitative estimate of drug-likeness (QED) is 0.808. The SMILES string of the molecule is CN1C(=O)CCCn2nc(C[C@H]3CC3(F)F)cc21. The fourth-order valence-corrected chi connectivity index (χ4v) is 2.41. The van der Waals surface area contributed by atoms with Crippen LogP contribution in [0, 0.1) is 5.92 Å². The third kappa shape index (κ3) is 1.89. The second kappa shape index (κ2) is 3.76. The number of carbonyl (C=O) groups excluding carboxylic acids is 1. The highest BCUT2D eigenvalue weighted by atomic mass is 19.3. The maximum Gasteiger partial charge on any atom is 0.252 e. The Morgan fingerprint density at radius 3 is 2.94 bits per heavy atom. The average molecular weight is 255 g/mol. The van der Waals surface area contributed by atoms with Crippen LogP contribution in [-0.4, -0.2) is 28.7 Å². The molecule has 1 amide bonds. The number of rotatable bonds is 2. The summed E-state index contributed by atoms with van der Waals surface area (Å²) in [6.07, 6.45) is 1.52. The first-order valence-electron chi connectivity index (χ1n) is 6.18. The molecule has 0 aromatic carbocycles. The van der Waals surface area contributed by atoms with E-state index in [1.807, 2.05) is 0 Å². The first-order valence-corrected chi connectivity index (χ1v) is 6.18. The normalized spacial score (nSPS) is 25.8. The number of amides is 1. The number of hydrogen-bond donors (Lipinski definition) is 0. The highest BCUT2D eigenvalue weighted by Crippen LogP contribution is 2.50. The van der Waals surface area contributed by atoms with E-state index in [-0.39, 0.29) is 12.3 Å². The molecule has 6 heteroatoms. The van der Waals surface area contributed by atoms with Gasteiger partial charge in [0.1, 0.15) is 5.82 Å². The highest BCUT2D eigenvalue weighted by Gasteiger charge is 2.56. The molecule has 3 rings (SSSR count). The van der Waals surface area contributed by atoms with Crippen molar-refractivity contribution in [3.8, 4) is 0 Å². The highest BCUT2D eigenvalue weighted by molar-refractivity contribution is 5.92. The van der Waals surface area contributed by atoms with Gasteiger partial charge in [0.05, 0.1) is 5.69 Å². The molecular weight excluding hydrogens is 240 g/mol. The summed E-state index contributed by atoms with van der Waals surface area (Å²) < 4.78 is 27.5. The van der Waals surface area contributed by atoms with Gasteiger partial charge < -0.3 is 4.90 Å². The molecule has 2 aliphatic rings. The van der Waals surface area contributed by atoms with Gasteiger partial charge in [0.2, 0.25) is 5.91 Å². The third-order valence-electron chi connectivity index (χ3n) is 3.70. The van der Waals surface area contributed by atoms with Crippen molar-refractivity contribution < 1.29 is 13.6 Å². The molecule has 0 N–H and O–H groups in total. The second-order valence-corrected chi connectivity index (χ2v) is 5.14. The van der Waals surface area contributed by atoms with Gasteiger partial charge >= 0.3 is 0 Å². The Hall–Kier alpha value is -1.46. The first kappa shape index (κ1) is 11.6. The molecule has 1 saturated carbocycles. The molecule has 1 aliphatic heterocycles. The molecule has 0 spiro atoms. The van der Waals surface area contributed by atoms with Crippen LogP contribution in [-0.2, 0) is 17.8 Å². The zero-order valence-corrected chi connectivity index (χ0v) is 10.2. The van der Waals surface area contributed by atoms with Gasteiger partial charge in [-0.1, -0.05) is 0 Å². The standard InChI is InChI=1S/C12H15F2N3O/c1-16-10-6-9(5-8-7-12(8,13)14)15-17(10)4-2-3-11(16)18/h6,8H,2-5,7H2,1H3/t8-/m0/s1. The number of carbonyl (C=O) groups is 1. The molecule has 0 unspecified atom stereocenters. The van der Waals surface area contributed by atoms with Crippen molar-refractivity contribution in [3.63, 3.8) is 0 Å². The Morgan fingerprint density at radius 2 is 2.28 bits per heavy atom. The van der Waals surface area contributed by atoms with E-state index in [0.29, 0.717) is 25.1 Å². The van der Waals surface area contributed by atoms with Crippen LogP contribution in [0.25, 0.3) is 0 Å². The minimum absolute atomic E-state index is 0.0377. The zero-order chi connectivity index (χ0) is 12.9. The minimum Gasteiger partial charge on any atom is -0.300 e. The first-order chi connectivity index (χ1) is 8.47. The van der Waals surface area contributed by atoms with Gasteiger partial charge in [0.25, 0.3) is 5.92 Å². The van der Waals surface area contributed by atoms with Crippen LogP contribution >= 0.6 is 0 Å². The van der Waals surface area contributed by atoms with Gasteiger partial charge in [-0.05, 0) is 6.42 Å². The van der Waals surface area contributed by atoms with E-state index in [4.69, 9.17) is 0 Å². The monoisotopic (exact) mass is 255 g/mol. The number of nitrogens with zero attached hydrogens (tertiary/aromatic N) is 3. The molecule has 18 heavy (non-hydrogen) atoms. The summed E-state index contributed by atoms with van der Waals surface area (Å²) in [6, 6.07) is 1.76. The molecule has 0 radical (unpaired) electrons. The summed E-state index contributed by atoms with van der Waals surface area (Å²) in [5.74, 6) is -2.31. The van der Waals surface area contributed by atoms with Crippen molar-refractivity contribution in [2.45, 2.75) is 38.2 Å². The van der Waals surface area contributed by atoms with E-state index >= 15 is 0 Å². The van der Waals surface area contributed by atoms with Crippen molar-refractivity contribution in [3.05, 3.63) is 11.8 Å². The maximum atomic E-state index is 12.9. The number of alkyl halides is 2. The molecule has 0 bridgehead atoms. The second-order valence-electron chi connectivity index (χ2n) is 5.14. The lowest BCUT2D eigenvalue weighted by atomic mass is 10.2. The fourth-order valence-electron chi connectivity index (χ4n) is 2.41. The Morgan fingerprint density at radius 1 is 1.56 bits per heavy atom. The predicted octanol–water partition coefficient (Wildman–Crippen LogP) is 1.84. The summed E-state index contributed by atoms with van der Waals surface area (Å²) >= 11 is 0.